The van der Waals surface area contributed by atoms with Crippen molar-refractivity contribution in [2.45, 2.75) is 6.92 Å². The Morgan fingerprint density at radius 2 is 1.65 bits per heavy atom. The number of benzene rings is 3. The highest BCUT2D eigenvalue weighted by molar-refractivity contribution is 5.98. The smallest absolute Gasteiger partial charge is 0.119 e. The average Bonchev–Trinajstić information content (AvgIpc) is 2.69. The van der Waals surface area contributed by atoms with Gasteiger partial charge in [-0.3, -0.25) is 4.98 Å². The van der Waals surface area contributed by atoms with Crippen molar-refractivity contribution < 1.29 is 4.74 Å². The maximum absolute atomic E-state index is 5.24. The van der Waals surface area contributed by atoms with Crippen molar-refractivity contribution in [3.8, 4) is 17.0 Å². The summed E-state index contributed by atoms with van der Waals surface area (Å²) in [7, 11) is 1.67. The molecular formula is C23H20N2O. The molecule has 128 valence electrons. The van der Waals surface area contributed by atoms with Crippen molar-refractivity contribution in [3.05, 3.63) is 84.6 Å². The summed E-state index contributed by atoms with van der Waals surface area (Å²) >= 11 is 0. The first-order valence-corrected chi connectivity index (χ1v) is 8.61. The van der Waals surface area contributed by atoms with Crippen molar-refractivity contribution in [1.82, 2.24) is 4.98 Å². The van der Waals surface area contributed by atoms with Crippen molar-refractivity contribution in [1.29, 1.82) is 0 Å². The van der Waals surface area contributed by atoms with E-state index in [0.717, 1.165) is 33.8 Å². The number of aromatic nitrogens is 1. The summed E-state index contributed by atoms with van der Waals surface area (Å²) in [6.07, 6.45) is 1.88. The molecular weight excluding hydrogens is 320 g/mol. The molecule has 4 rings (SSSR count). The largest absolute Gasteiger partial charge is 0.497 e. The van der Waals surface area contributed by atoms with Crippen LogP contribution in [0, 0.1) is 6.92 Å². The van der Waals surface area contributed by atoms with E-state index in [4.69, 9.17) is 9.72 Å². The predicted octanol–water partition coefficient (Wildman–Crippen LogP) is 5.96. The Hall–Kier alpha value is -3.33. The highest BCUT2D eigenvalue weighted by Crippen LogP contribution is 2.36. The van der Waals surface area contributed by atoms with Gasteiger partial charge in [0.1, 0.15) is 5.75 Å². The summed E-state index contributed by atoms with van der Waals surface area (Å²) in [5.74, 6) is 0.843. The number of anilines is 2. The molecule has 1 aromatic heterocycles. The lowest BCUT2D eigenvalue weighted by Gasteiger charge is -2.16. The van der Waals surface area contributed by atoms with E-state index in [1.807, 2.05) is 36.5 Å². The van der Waals surface area contributed by atoms with Crippen LogP contribution in [0.1, 0.15) is 5.56 Å². The van der Waals surface area contributed by atoms with Gasteiger partial charge in [0.15, 0.2) is 0 Å². The highest BCUT2D eigenvalue weighted by atomic mass is 16.5. The van der Waals surface area contributed by atoms with E-state index in [-0.39, 0.29) is 0 Å². The quantitative estimate of drug-likeness (QED) is 0.497. The molecule has 3 heteroatoms. The summed E-state index contributed by atoms with van der Waals surface area (Å²) < 4.78 is 5.24. The zero-order chi connectivity index (χ0) is 17.9. The molecule has 0 amide bonds. The third-order valence-corrected chi connectivity index (χ3v) is 4.55. The second-order valence-electron chi connectivity index (χ2n) is 6.23. The average molecular weight is 340 g/mol. The minimum absolute atomic E-state index is 0.843. The number of fused-ring (bicyclic) bond motifs is 1. The van der Waals surface area contributed by atoms with Crippen LogP contribution >= 0.6 is 0 Å². The van der Waals surface area contributed by atoms with Gasteiger partial charge in [-0.05, 0) is 54.3 Å². The Kier molecular flexibility index (Phi) is 4.28. The van der Waals surface area contributed by atoms with Crippen LogP contribution in [0.2, 0.25) is 0 Å². The van der Waals surface area contributed by atoms with Gasteiger partial charge in [-0.25, -0.2) is 0 Å². The molecule has 3 nitrogen and oxygen atoms in total. The van der Waals surface area contributed by atoms with E-state index < -0.39 is 0 Å². The minimum atomic E-state index is 0.843. The topological polar surface area (TPSA) is 34.1 Å². The molecule has 0 saturated carbocycles. The minimum Gasteiger partial charge on any atom is -0.497 e. The number of nitrogens with one attached hydrogen (secondary N) is 1. The number of methoxy groups -OCH3 is 1. The zero-order valence-electron chi connectivity index (χ0n) is 14.9. The number of hydrogen-bond donors (Lipinski definition) is 1. The van der Waals surface area contributed by atoms with Crippen LogP contribution in [0.3, 0.4) is 0 Å². The van der Waals surface area contributed by atoms with Gasteiger partial charge >= 0.3 is 0 Å². The number of hydrogen-bond acceptors (Lipinski definition) is 3. The second kappa shape index (κ2) is 6.89. The summed E-state index contributed by atoms with van der Waals surface area (Å²) in [6.45, 7) is 2.12. The van der Waals surface area contributed by atoms with Crippen LogP contribution in [0.4, 0.5) is 11.4 Å². The summed E-state index contributed by atoms with van der Waals surface area (Å²) in [4.78, 5) is 4.71. The van der Waals surface area contributed by atoms with E-state index in [1.54, 1.807) is 7.11 Å². The molecule has 0 fully saturated rings. The fourth-order valence-electron chi connectivity index (χ4n) is 3.23. The molecule has 0 radical (unpaired) electrons. The standard InChI is InChI=1S/C23H20N2O/c1-16-6-5-9-21(25-18-10-12-19(26-2)13-11-18)22(16)23-20-8-4-3-7-17(20)14-15-24-23/h3-15,25H,1-2H3. The van der Waals surface area contributed by atoms with Gasteiger partial charge < -0.3 is 10.1 Å². The van der Waals surface area contributed by atoms with Crippen LogP contribution in [-0.4, -0.2) is 12.1 Å². The van der Waals surface area contributed by atoms with Crippen molar-refractivity contribution in [3.63, 3.8) is 0 Å². The maximum Gasteiger partial charge on any atom is 0.119 e. The number of nitrogens with zero attached hydrogens (tertiary/aromatic N) is 1. The number of pyridine rings is 1. The SMILES string of the molecule is COc1ccc(Nc2cccc(C)c2-c2nccc3ccccc23)cc1. The molecule has 0 aliphatic heterocycles. The van der Waals surface area contributed by atoms with Crippen LogP contribution in [0.15, 0.2) is 79.0 Å². The lowest BCUT2D eigenvalue weighted by molar-refractivity contribution is 0.415. The Balaban J connectivity index is 1.83. The van der Waals surface area contributed by atoms with E-state index in [9.17, 15) is 0 Å². The lowest BCUT2D eigenvalue weighted by atomic mass is 9.98. The third kappa shape index (κ3) is 3.00. The summed E-state index contributed by atoms with van der Waals surface area (Å²) in [5.41, 5.74) is 5.36. The normalized spacial score (nSPS) is 10.7. The summed E-state index contributed by atoms with van der Waals surface area (Å²) in [6, 6.07) is 24.6. The van der Waals surface area contributed by atoms with Crippen molar-refractivity contribution in [2.24, 2.45) is 0 Å². The van der Waals surface area contributed by atoms with Gasteiger partial charge in [-0.1, -0.05) is 36.4 Å². The van der Waals surface area contributed by atoms with Crippen LogP contribution in [0.5, 0.6) is 5.75 Å². The second-order valence-corrected chi connectivity index (χ2v) is 6.23. The van der Waals surface area contributed by atoms with Gasteiger partial charge in [-0.15, -0.1) is 0 Å². The monoisotopic (exact) mass is 340 g/mol. The predicted molar refractivity (Wildman–Crippen MR) is 108 cm³/mol. The first-order chi connectivity index (χ1) is 12.8. The van der Waals surface area contributed by atoms with Crippen LogP contribution < -0.4 is 10.1 Å². The van der Waals surface area contributed by atoms with E-state index >= 15 is 0 Å². The summed E-state index contributed by atoms with van der Waals surface area (Å²) in [5, 5.41) is 5.88. The molecule has 1 heterocycles. The molecule has 4 aromatic rings. The molecule has 0 unspecified atom stereocenters. The number of ether oxygens (including phenoxy) is 1. The van der Waals surface area contributed by atoms with Gasteiger partial charge in [0.2, 0.25) is 0 Å². The number of aryl methyl sites for hydroxylation is 1. The Labute approximate surface area is 153 Å². The molecule has 0 atom stereocenters. The molecule has 1 N–H and O–H groups in total. The fraction of sp³-hybridized carbons (Fsp3) is 0.0870. The molecule has 0 aliphatic carbocycles. The Morgan fingerprint density at radius 3 is 2.46 bits per heavy atom. The van der Waals surface area contributed by atoms with Gasteiger partial charge in [0.05, 0.1) is 12.8 Å². The van der Waals surface area contributed by atoms with Gasteiger partial charge in [-0.2, -0.15) is 0 Å². The molecule has 0 spiro atoms. The van der Waals surface area contributed by atoms with Crippen LogP contribution in [-0.2, 0) is 0 Å². The van der Waals surface area contributed by atoms with E-state index in [1.165, 1.54) is 10.9 Å². The number of rotatable bonds is 4. The van der Waals surface area contributed by atoms with E-state index in [2.05, 4.69) is 54.7 Å². The Morgan fingerprint density at radius 1 is 0.846 bits per heavy atom. The van der Waals surface area contributed by atoms with Gasteiger partial charge in [0.25, 0.3) is 0 Å². The highest BCUT2D eigenvalue weighted by Gasteiger charge is 2.13. The molecule has 0 bridgehead atoms. The zero-order valence-corrected chi connectivity index (χ0v) is 14.9. The molecule has 3 aromatic carbocycles. The first-order valence-electron chi connectivity index (χ1n) is 8.61. The van der Waals surface area contributed by atoms with Crippen LogP contribution in [0.25, 0.3) is 22.0 Å². The van der Waals surface area contributed by atoms with Crippen molar-refractivity contribution in [2.75, 3.05) is 12.4 Å². The molecule has 0 saturated heterocycles. The van der Waals surface area contributed by atoms with E-state index in [0.29, 0.717) is 0 Å². The fourth-order valence-corrected chi connectivity index (χ4v) is 3.23. The third-order valence-electron chi connectivity index (χ3n) is 4.55. The molecule has 0 aliphatic rings. The maximum atomic E-state index is 5.24. The first kappa shape index (κ1) is 16.2. The Bertz CT molecular complexity index is 1050. The lowest BCUT2D eigenvalue weighted by Crippen LogP contribution is -1.97. The molecule has 26 heavy (non-hydrogen) atoms. The van der Waals surface area contributed by atoms with Crippen molar-refractivity contribution >= 4 is 22.1 Å². The van der Waals surface area contributed by atoms with Gasteiger partial charge in [0, 0.05) is 28.5 Å².